The molecule has 0 fully saturated rings. The first kappa shape index (κ1) is 19.1. The summed E-state index contributed by atoms with van der Waals surface area (Å²) in [6, 6.07) is 15.5. The van der Waals surface area contributed by atoms with E-state index >= 15 is 0 Å². The van der Waals surface area contributed by atoms with E-state index in [1.807, 2.05) is 24.3 Å². The molecular formula is C21H20N4O3S. The van der Waals surface area contributed by atoms with Gasteiger partial charge in [-0.25, -0.2) is 8.42 Å². The predicted molar refractivity (Wildman–Crippen MR) is 113 cm³/mol. The van der Waals surface area contributed by atoms with Crippen molar-refractivity contribution >= 4 is 38.4 Å². The Hall–Kier alpha value is -3.26. The first-order valence-corrected chi connectivity index (χ1v) is 10.7. The topological polar surface area (TPSA) is 101 Å². The number of benzene rings is 2. The molecule has 148 valence electrons. The molecule has 0 spiro atoms. The lowest BCUT2D eigenvalue weighted by atomic mass is 10.1. The molecule has 0 saturated heterocycles. The van der Waals surface area contributed by atoms with Gasteiger partial charge in [0.1, 0.15) is 5.84 Å². The van der Waals surface area contributed by atoms with Crippen LogP contribution in [0.4, 0.5) is 5.69 Å². The summed E-state index contributed by atoms with van der Waals surface area (Å²) in [6.07, 6.45) is 1.46. The van der Waals surface area contributed by atoms with Crippen LogP contribution in [-0.2, 0) is 10.0 Å². The maximum atomic E-state index is 12.8. The monoisotopic (exact) mass is 408 g/mol. The molecule has 1 aliphatic heterocycles. The van der Waals surface area contributed by atoms with E-state index in [0.29, 0.717) is 35.7 Å². The molecule has 4 rings (SSSR count). The van der Waals surface area contributed by atoms with Crippen LogP contribution in [0.5, 0.6) is 0 Å². The number of hydrogen-bond acceptors (Lipinski definition) is 5. The number of pyridine rings is 1. The molecule has 0 aliphatic carbocycles. The third-order valence-corrected chi connectivity index (χ3v) is 6.07. The van der Waals surface area contributed by atoms with E-state index in [-0.39, 0.29) is 10.8 Å². The predicted octanol–water partition coefficient (Wildman–Crippen LogP) is 3.27. The van der Waals surface area contributed by atoms with Gasteiger partial charge in [-0.3, -0.25) is 19.5 Å². The second-order valence-corrected chi connectivity index (χ2v) is 8.52. The Morgan fingerprint density at radius 3 is 2.69 bits per heavy atom. The van der Waals surface area contributed by atoms with Gasteiger partial charge < -0.3 is 5.32 Å². The van der Waals surface area contributed by atoms with Crippen molar-refractivity contribution in [2.24, 2.45) is 4.99 Å². The van der Waals surface area contributed by atoms with E-state index in [2.05, 4.69) is 20.0 Å². The highest BCUT2D eigenvalue weighted by atomic mass is 32.2. The minimum atomic E-state index is -3.75. The van der Waals surface area contributed by atoms with E-state index in [9.17, 15) is 13.2 Å². The van der Waals surface area contributed by atoms with Crippen LogP contribution >= 0.6 is 0 Å². The quantitative estimate of drug-likeness (QED) is 0.692. The van der Waals surface area contributed by atoms with Crippen molar-refractivity contribution in [3.05, 3.63) is 65.9 Å². The lowest BCUT2D eigenvalue weighted by molar-refractivity contribution is 0.102. The van der Waals surface area contributed by atoms with Gasteiger partial charge in [-0.15, -0.1) is 0 Å². The molecule has 0 bridgehead atoms. The van der Waals surface area contributed by atoms with Gasteiger partial charge in [0, 0.05) is 24.0 Å². The number of amides is 1. The van der Waals surface area contributed by atoms with E-state index in [1.165, 1.54) is 12.1 Å². The fourth-order valence-electron chi connectivity index (χ4n) is 3.22. The molecule has 3 aromatic rings. The largest absolute Gasteiger partial charge is 0.322 e. The Morgan fingerprint density at radius 1 is 1.07 bits per heavy atom. The molecule has 1 amide bonds. The van der Waals surface area contributed by atoms with Crippen molar-refractivity contribution in [2.75, 3.05) is 11.9 Å². The number of aliphatic imine (C=N–C) groups is 1. The lowest BCUT2D eigenvalue weighted by Crippen LogP contribution is -2.29. The molecular weight excluding hydrogens is 388 g/mol. The summed E-state index contributed by atoms with van der Waals surface area (Å²) in [5, 5.41) is 3.63. The maximum Gasteiger partial charge on any atom is 0.262 e. The highest BCUT2D eigenvalue weighted by molar-refractivity contribution is 7.90. The smallest absolute Gasteiger partial charge is 0.262 e. The third-order valence-electron chi connectivity index (χ3n) is 4.69. The van der Waals surface area contributed by atoms with Gasteiger partial charge in [0.15, 0.2) is 0 Å². The molecule has 7 nitrogen and oxygen atoms in total. The second kappa shape index (κ2) is 7.63. The maximum absolute atomic E-state index is 12.8. The summed E-state index contributed by atoms with van der Waals surface area (Å²) in [5.41, 5.74) is 2.25. The van der Waals surface area contributed by atoms with Crippen LogP contribution in [0.3, 0.4) is 0 Å². The van der Waals surface area contributed by atoms with Crippen molar-refractivity contribution < 1.29 is 13.2 Å². The van der Waals surface area contributed by atoms with E-state index in [4.69, 9.17) is 0 Å². The molecule has 2 aromatic carbocycles. The van der Waals surface area contributed by atoms with Crippen molar-refractivity contribution in [3.63, 3.8) is 0 Å². The number of carbonyl (C=O) groups excluding carboxylic acids is 1. The molecule has 2 heterocycles. The number of amidine groups is 1. The van der Waals surface area contributed by atoms with Gasteiger partial charge in [-0.2, -0.15) is 0 Å². The van der Waals surface area contributed by atoms with Gasteiger partial charge in [0.2, 0.25) is 0 Å². The number of anilines is 1. The number of aromatic nitrogens is 1. The highest BCUT2D eigenvalue weighted by Crippen LogP contribution is 2.20. The zero-order chi connectivity index (χ0) is 20.4. The van der Waals surface area contributed by atoms with Gasteiger partial charge in [-0.05, 0) is 43.7 Å². The molecule has 0 atom stereocenters. The average molecular weight is 408 g/mol. The SMILES string of the molecule is Cc1nc2ccccc2cc1C(=O)Nc1cccc(S(=O)(=O)NC2=NCCC2)c1. The summed E-state index contributed by atoms with van der Waals surface area (Å²) < 4.78 is 27.7. The fraction of sp³-hybridized carbons (Fsp3) is 0.190. The molecule has 2 N–H and O–H groups in total. The average Bonchev–Trinajstić information content (AvgIpc) is 3.20. The minimum Gasteiger partial charge on any atom is -0.322 e. The van der Waals surface area contributed by atoms with Gasteiger partial charge >= 0.3 is 0 Å². The van der Waals surface area contributed by atoms with Gasteiger partial charge in [0.25, 0.3) is 15.9 Å². The van der Waals surface area contributed by atoms with Crippen LogP contribution in [0.25, 0.3) is 10.9 Å². The van der Waals surface area contributed by atoms with E-state index in [0.717, 1.165) is 17.3 Å². The normalized spacial score (nSPS) is 13.9. The van der Waals surface area contributed by atoms with E-state index in [1.54, 1.807) is 25.1 Å². The van der Waals surface area contributed by atoms with Crippen molar-refractivity contribution in [2.45, 2.75) is 24.7 Å². The van der Waals surface area contributed by atoms with Crippen LogP contribution in [0.2, 0.25) is 0 Å². The van der Waals surface area contributed by atoms with Crippen molar-refractivity contribution in [1.29, 1.82) is 0 Å². The number of fused-ring (bicyclic) bond motifs is 1. The molecule has 8 heteroatoms. The molecule has 1 aromatic heterocycles. The summed E-state index contributed by atoms with van der Waals surface area (Å²) in [5.74, 6) is 0.126. The van der Waals surface area contributed by atoms with Gasteiger partial charge in [0.05, 0.1) is 21.7 Å². The highest BCUT2D eigenvalue weighted by Gasteiger charge is 2.19. The lowest BCUT2D eigenvalue weighted by Gasteiger charge is -2.11. The Balaban J connectivity index is 1.58. The number of nitrogens with one attached hydrogen (secondary N) is 2. The summed E-state index contributed by atoms with van der Waals surface area (Å²) in [7, 11) is -3.75. The number of sulfonamides is 1. The summed E-state index contributed by atoms with van der Waals surface area (Å²) >= 11 is 0. The van der Waals surface area contributed by atoms with Crippen LogP contribution in [0.1, 0.15) is 28.9 Å². The van der Waals surface area contributed by atoms with Crippen LogP contribution in [0.15, 0.2) is 64.5 Å². The number of nitrogens with zero attached hydrogens (tertiary/aromatic N) is 2. The number of aryl methyl sites for hydroxylation is 1. The Labute approximate surface area is 168 Å². The van der Waals surface area contributed by atoms with Crippen molar-refractivity contribution in [1.82, 2.24) is 9.71 Å². The number of para-hydroxylation sites is 1. The van der Waals surface area contributed by atoms with Crippen molar-refractivity contribution in [3.8, 4) is 0 Å². The summed E-state index contributed by atoms with van der Waals surface area (Å²) in [4.78, 5) is 21.5. The zero-order valence-electron chi connectivity index (χ0n) is 15.8. The Bertz CT molecular complexity index is 1240. The number of carbonyl (C=O) groups is 1. The Kier molecular flexibility index (Phi) is 5.02. The van der Waals surface area contributed by atoms with Crippen LogP contribution in [0, 0.1) is 6.92 Å². The minimum absolute atomic E-state index is 0.0678. The van der Waals surface area contributed by atoms with E-state index < -0.39 is 10.0 Å². The number of hydrogen-bond donors (Lipinski definition) is 2. The van der Waals surface area contributed by atoms with Crippen LogP contribution < -0.4 is 10.0 Å². The third kappa shape index (κ3) is 4.12. The first-order valence-electron chi connectivity index (χ1n) is 9.26. The number of rotatable bonds is 4. The fourth-order valence-corrected chi connectivity index (χ4v) is 4.35. The standard InChI is InChI=1S/C21H20N4O3S/c1-14-18(12-15-6-2-3-9-19(15)23-14)21(26)24-16-7-4-8-17(13-16)29(27,28)25-20-10-5-11-22-20/h2-4,6-9,12-13H,5,10-11H2,1H3,(H,22,25)(H,24,26). The van der Waals surface area contributed by atoms with Crippen LogP contribution in [-0.4, -0.2) is 31.7 Å². The molecule has 1 aliphatic rings. The second-order valence-electron chi connectivity index (χ2n) is 6.83. The first-order chi connectivity index (χ1) is 13.9. The zero-order valence-corrected chi connectivity index (χ0v) is 16.7. The summed E-state index contributed by atoms with van der Waals surface area (Å²) in [6.45, 7) is 2.40. The van der Waals surface area contributed by atoms with Gasteiger partial charge in [-0.1, -0.05) is 24.3 Å². The molecule has 0 radical (unpaired) electrons. The molecule has 0 unspecified atom stereocenters. The Morgan fingerprint density at radius 2 is 1.90 bits per heavy atom. The molecule has 0 saturated carbocycles. The molecule has 29 heavy (non-hydrogen) atoms.